The largest absolute Gasteiger partial charge is 0.331 e. The Kier molecular flexibility index (Phi) is 4.86. The highest BCUT2D eigenvalue weighted by molar-refractivity contribution is 5.85. The Hall–Kier alpha value is -1.39. The fraction of sp³-hybridized carbons (Fsp3) is 0.650. The predicted octanol–water partition coefficient (Wildman–Crippen LogP) is 3.19. The van der Waals surface area contributed by atoms with Crippen molar-refractivity contribution < 1.29 is 4.79 Å². The Morgan fingerprint density at radius 2 is 1.67 bits per heavy atom. The molecule has 4 heteroatoms. The number of carbonyl (C=O) groups excluding carboxylic acids is 1. The molecule has 1 aromatic carbocycles. The number of carbonyl (C=O) groups is 1. The van der Waals surface area contributed by atoms with Gasteiger partial charge in [0.15, 0.2) is 0 Å². The average Bonchev–Trinajstić information content (AvgIpc) is 2.44. The summed E-state index contributed by atoms with van der Waals surface area (Å²) in [5.74, 6) is 0.0120. The molecule has 1 atom stereocenters. The molecule has 0 bridgehead atoms. The van der Waals surface area contributed by atoms with Crippen molar-refractivity contribution in [2.45, 2.75) is 71.1 Å². The van der Waals surface area contributed by atoms with Gasteiger partial charge in [0.1, 0.15) is 0 Å². The number of rotatable bonds is 2. The predicted molar refractivity (Wildman–Crippen MR) is 99.7 cm³/mol. The van der Waals surface area contributed by atoms with Crippen LogP contribution in [0.2, 0.25) is 0 Å². The van der Waals surface area contributed by atoms with Crippen molar-refractivity contribution in [3.8, 4) is 0 Å². The minimum absolute atomic E-state index is 0.0120. The van der Waals surface area contributed by atoms with E-state index in [0.29, 0.717) is 6.54 Å². The number of hydrogen-bond acceptors (Lipinski definition) is 3. The molecule has 4 nitrogen and oxygen atoms in total. The topological polar surface area (TPSA) is 49.6 Å². The van der Waals surface area contributed by atoms with Gasteiger partial charge in [-0.15, -0.1) is 0 Å². The smallest absolute Gasteiger partial charge is 0.242 e. The van der Waals surface area contributed by atoms with Crippen LogP contribution < -0.4 is 5.73 Å². The molecular weight excluding hydrogens is 298 g/mol. The van der Waals surface area contributed by atoms with Crippen LogP contribution in [0.15, 0.2) is 30.3 Å². The second-order valence-electron chi connectivity index (χ2n) is 9.18. The lowest BCUT2D eigenvalue weighted by Crippen LogP contribution is -2.68. The van der Waals surface area contributed by atoms with E-state index in [2.05, 4.69) is 51.7 Å². The zero-order chi connectivity index (χ0) is 18.3. The molecule has 24 heavy (non-hydrogen) atoms. The van der Waals surface area contributed by atoms with Gasteiger partial charge >= 0.3 is 0 Å². The van der Waals surface area contributed by atoms with Crippen LogP contribution in [-0.2, 0) is 4.79 Å². The van der Waals surface area contributed by atoms with Gasteiger partial charge < -0.3 is 10.6 Å². The number of benzene rings is 1. The van der Waals surface area contributed by atoms with Crippen LogP contribution >= 0.6 is 0 Å². The second kappa shape index (κ2) is 6.16. The number of nitrogens with zero attached hydrogens (tertiary/aromatic N) is 2. The van der Waals surface area contributed by atoms with Crippen molar-refractivity contribution in [2.24, 2.45) is 5.73 Å². The molecule has 0 aromatic heterocycles. The van der Waals surface area contributed by atoms with E-state index in [1.807, 2.05) is 23.1 Å². The number of nitrogens with two attached hydrogens (primary N) is 1. The zero-order valence-corrected chi connectivity index (χ0v) is 16.3. The van der Waals surface area contributed by atoms with E-state index < -0.39 is 5.54 Å². The van der Waals surface area contributed by atoms with Crippen LogP contribution in [0, 0.1) is 0 Å². The number of piperazine rings is 1. The highest BCUT2D eigenvalue weighted by Gasteiger charge is 2.47. The minimum Gasteiger partial charge on any atom is -0.331 e. The van der Waals surface area contributed by atoms with Gasteiger partial charge in [-0.1, -0.05) is 30.3 Å². The van der Waals surface area contributed by atoms with Gasteiger partial charge in [-0.3, -0.25) is 9.69 Å². The van der Waals surface area contributed by atoms with Gasteiger partial charge in [0.25, 0.3) is 0 Å². The van der Waals surface area contributed by atoms with Crippen molar-refractivity contribution in [1.29, 1.82) is 0 Å². The lowest BCUT2D eigenvalue weighted by Gasteiger charge is -2.56. The van der Waals surface area contributed by atoms with Gasteiger partial charge in [0, 0.05) is 24.2 Å². The molecule has 134 valence electrons. The van der Waals surface area contributed by atoms with Crippen LogP contribution in [-0.4, -0.2) is 45.4 Å². The summed E-state index contributed by atoms with van der Waals surface area (Å²) in [4.78, 5) is 17.5. The Labute approximate surface area is 147 Å². The van der Waals surface area contributed by atoms with Crippen LogP contribution in [0.1, 0.15) is 60.1 Å². The number of hydrogen-bond donors (Lipinski definition) is 1. The first-order chi connectivity index (χ1) is 10.8. The molecule has 2 rings (SSSR count). The monoisotopic (exact) mass is 331 g/mol. The summed E-state index contributed by atoms with van der Waals surface area (Å²) in [5.41, 5.74) is 6.38. The first-order valence-electron chi connectivity index (χ1n) is 8.77. The normalized spacial score (nSPS) is 22.5. The van der Waals surface area contributed by atoms with Gasteiger partial charge in [-0.05, 0) is 54.0 Å². The van der Waals surface area contributed by atoms with E-state index in [1.165, 1.54) is 5.56 Å². The molecular formula is C20H33N3O. The molecule has 1 unspecified atom stereocenters. The van der Waals surface area contributed by atoms with Crippen molar-refractivity contribution in [1.82, 2.24) is 9.80 Å². The van der Waals surface area contributed by atoms with Gasteiger partial charge in [-0.2, -0.15) is 0 Å². The molecule has 2 N–H and O–H groups in total. The summed E-state index contributed by atoms with van der Waals surface area (Å²) < 4.78 is 0. The third-order valence-electron chi connectivity index (χ3n) is 4.83. The summed E-state index contributed by atoms with van der Waals surface area (Å²) in [6, 6.07) is 10.3. The highest BCUT2D eigenvalue weighted by Crippen LogP contribution is 2.38. The third-order valence-corrected chi connectivity index (χ3v) is 4.83. The maximum absolute atomic E-state index is 13.0. The van der Waals surface area contributed by atoms with Gasteiger partial charge in [0.2, 0.25) is 5.91 Å². The van der Waals surface area contributed by atoms with Gasteiger partial charge in [0.05, 0.1) is 11.6 Å². The summed E-state index contributed by atoms with van der Waals surface area (Å²) in [7, 11) is 0. The van der Waals surface area contributed by atoms with Crippen molar-refractivity contribution in [2.75, 3.05) is 13.1 Å². The van der Waals surface area contributed by atoms with Crippen molar-refractivity contribution >= 4 is 5.91 Å². The third kappa shape index (κ3) is 3.81. The standard InChI is InChI=1S/C20H33N3O/c1-18(2,3)23-13-16(15-11-9-8-10-12-15)22(14-19(23,4)5)17(24)20(6,7)21/h8-12,16H,13-14,21H2,1-7H3. The molecule has 1 saturated heterocycles. The molecule has 0 saturated carbocycles. The van der Waals surface area contributed by atoms with Crippen LogP contribution in [0.3, 0.4) is 0 Å². The van der Waals surface area contributed by atoms with E-state index in [0.717, 1.165) is 6.54 Å². The maximum atomic E-state index is 13.0. The Balaban J connectivity index is 2.47. The van der Waals surface area contributed by atoms with Crippen LogP contribution in [0.25, 0.3) is 0 Å². The first kappa shape index (κ1) is 18.9. The quantitative estimate of drug-likeness (QED) is 0.905. The Morgan fingerprint density at radius 3 is 2.12 bits per heavy atom. The van der Waals surface area contributed by atoms with E-state index in [4.69, 9.17) is 5.73 Å². The molecule has 1 heterocycles. The lowest BCUT2D eigenvalue weighted by atomic mass is 9.86. The van der Waals surface area contributed by atoms with Crippen molar-refractivity contribution in [3.63, 3.8) is 0 Å². The molecule has 1 amide bonds. The summed E-state index contributed by atoms with van der Waals surface area (Å²) >= 11 is 0. The fourth-order valence-electron chi connectivity index (χ4n) is 3.86. The molecule has 1 fully saturated rings. The van der Waals surface area contributed by atoms with Gasteiger partial charge in [-0.25, -0.2) is 0 Å². The summed E-state index contributed by atoms with van der Waals surface area (Å²) in [6.45, 7) is 16.2. The first-order valence-corrected chi connectivity index (χ1v) is 8.77. The minimum atomic E-state index is -0.868. The van der Waals surface area contributed by atoms with E-state index in [1.54, 1.807) is 13.8 Å². The maximum Gasteiger partial charge on any atom is 0.242 e. The van der Waals surface area contributed by atoms with Crippen molar-refractivity contribution in [3.05, 3.63) is 35.9 Å². The molecule has 1 aromatic rings. The Morgan fingerprint density at radius 1 is 1.12 bits per heavy atom. The molecule has 0 aliphatic carbocycles. The highest BCUT2D eigenvalue weighted by atomic mass is 16.2. The SMILES string of the molecule is CC(C)(N)C(=O)N1CC(C)(C)N(C(C)(C)C)CC1c1ccccc1. The molecule has 1 aliphatic rings. The number of amides is 1. The average molecular weight is 332 g/mol. The van der Waals surface area contributed by atoms with Crippen LogP contribution in [0.4, 0.5) is 0 Å². The molecule has 1 aliphatic heterocycles. The lowest BCUT2D eigenvalue weighted by molar-refractivity contribution is -0.149. The zero-order valence-electron chi connectivity index (χ0n) is 16.3. The summed E-state index contributed by atoms with van der Waals surface area (Å²) in [5, 5.41) is 0. The molecule has 0 spiro atoms. The van der Waals surface area contributed by atoms with E-state index in [9.17, 15) is 4.79 Å². The van der Waals surface area contributed by atoms with E-state index in [-0.39, 0.29) is 23.0 Å². The van der Waals surface area contributed by atoms with E-state index >= 15 is 0 Å². The Bertz CT molecular complexity index is 581. The van der Waals surface area contributed by atoms with Crippen LogP contribution in [0.5, 0.6) is 0 Å². The molecule has 0 radical (unpaired) electrons. The second-order valence-corrected chi connectivity index (χ2v) is 9.18. The fourth-order valence-corrected chi connectivity index (χ4v) is 3.86. The summed E-state index contributed by atoms with van der Waals surface area (Å²) in [6.07, 6.45) is 0.